The normalized spacial score (nSPS) is 14.6. The molecular formula is C18H16ClN3O4S2. The summed E-state index contributed by atoms with van der Waals surface area (Å²) in [6.07, 6.45) is 3.25. The van der Waals surface area contributed by atoms with Crippen LogP contribution in [0.25, 0.3) is 0 Å². The van der Waals surface area contributed by atoms with E-state index in [0.29, 0.717) is 34.2 Å². The third-order valence-electron chi connectivity index (χ3n) is 4.54. The number of thiazole rings is 1. The highest BCUT2D eigenvalue weighted by molar-refractivity contribution is 7.89. The molecule has 1 N–H and O–H groups in total. The molecule has 1 aliphatic rings. The first-order valence-electron chi connectivity index (χ1n) is 8.43. The van der Waals surface area contributed by atoms with Crippen molar-refractivity contribution in [3.63, 3.8) is 0 Å². The lowest BCUT2D eigenvalue weighted by molar-refractivity contribution is 0.102. The van der Waals surface area contributed by atoms with Crippen LogP contribution in [0.4, 0.5) is 5.13 Å². The monoisotopic (exact) mass is 437 g/mol. The van der Waals surface area contributed by atoms with Gasteiger partial charge in [0.05, 0.1) is 29.0 Å². The molecule has 0 bridgehead atoms. The number of benzene rings is 1. The molecule has 3 aromatic rings. The van der Waals surface area contributed by atoms with Gasteiger partial charge < -0.3 is 4.42 Å². The SMILES string of the molecule is Cc1c(Cl)cccc1S(=O)(=O)N1CCc2nc(NC(=O)c3ccoc3)sc2C1. The van der Waals surface area contributed by atoms with E-state index in [0.717, 1.165) is 10.6 Å². The number of anilines is 1. The van der Waals surface area contributed by atoms with Crippen molar-refractivity contribution in [1.29, 1.82) is 0 Å². The Morgan fingerprint density at radius 1 is 1.36 bits per heavy atom. The van der Waals surface area contributed by atoms with Crippen molar-refractivity contribution in [3.8, 4) is 0 Å². The molecule has 0 radical (unpaired) electrons. The molecule has 1 aliphatic heterocycles. The summed E-state index contributed by atoms with van der Waals surface area (Å²) in [6, 6.07) is 6.43. The van der Waals surface area contributed by atoms with E-state index in [9.17, 15) is 13.2 Å². The smallest absolute Gasteiger partial charge is 0.260 e. The van der Waals surface area contributed by atoms with E-state index in [2.05, 4.69) is 10.3 Å². The first-order valence-corrected chi connectivity index (χ1v) is 11.1. The number of carbonyl (C=O) groups excluding carboxylic acids is 1. The van der Waals surface area contributed by atoms with Crippen LogP contribution in [0.15, 0.2) is 46.1 Å². The lowest BCUT2D eigenvalue weighted by Crippen LogP contribution is -2.35. The number of nitrogens with one attached hydrogen (secondary N) is 1. The number of halogens is 1. The summed E-state index contributed by atoms with van der Waals surface area (Å²) in [5, 5.41) is 3.58. The van der Waals surface area contributed by atoms with Gasteiger partial charge >= 0.3 is 0 Å². The number of aromatic nitrogens is 1. The molecule has 0 unspecified atom stereocenters. The average molecular weight is 438 g/mol. The second kappa shape index (κ2) is 7.32. The van der Waals surface area contributed by atoms with Crippen LogP contribution in [0.5, 0.6) is 0 Å². The number of hydrogen-bond donors (Lipinski definition) is 1. The van der Waals surface area contributed by atoms with E-state index in [1.807, 2.05) is 0 Å². The topological polar surface area (TPSA) is 92.5 Å². The average Bonchev–Trinajstić information content (AvgIpc) is 3.32. The predicted octanol–water partition coefficient (Wildman–Crippen LogP) is 3.70. The van der Waals surface area contributed by atoms with Crippen molar-refractivity contribution in [2.45, 2.75) is 24.8 Å². The summed E-state index contributed by atoms with van der Waals surface area (Å²) in [6.45, 7) is 2.23. The van der Waals surface area contributed by atoms with Crippen LogP contribution in [0.3, 0.4) is 0 Å². The van der Waals surface area contributed by atoms with E-state index in [4.69, 9.17) is 16.0 Å². The molecule has 0 fully saturated rings. The molecule has 2 aromatic heterocycles. The molecule has 0 spiro atoms. The molecule has 0 saturated heterocycles. The summed E-state index contributed by atoms with van der Waals surface area (Å²) < 4.78 is 32.5. The fraction of sp³-hybridized carbons (Fsp3) is 0.222. The highest BCUT2D eigenvalue weighted by Crippen LogP contribution is 2.33. The van der Waals surface area contributed by atoms with Gasteiger partial charge in [-0.25, -0.2) is 13.4 Å². The van der Waals surface area contributed by atoms with Crippen molar-refractivity contribution in [3.05, 3.63) is 63.5 Å². The van der Waals surface area contributed by atoms with Crippen molar-refractivity contribution in [2.24, 2.45) is 0 Å². The predicted molar refractivity (Wildman–Crippen MR) is 106 cm³/mol. The van der Waals surface area contributed by atoms with Gasteiger partial charge in [-0.1, -0.05) is 17.7 Å². The first kappa shape index (κ1) is 19.1. The van der Waals surface area contributed by atoms with Crippen molar-refractivity contribution < 1.29 is 17.6 Å². The van der Waals surface area contributed by atoms with E-state index >= 15 is 0 Å². The number of sulfonamides is 1. The molecule has 10 heteroatoms. The Hall–Kier alpha value is -2.20. The Bertz CT molecular complexity index is 1140. The van der Waals surface area contributed by atoms with Gasteiger partial charge in [-0.15, -0.1) is 11.3 Å². The summed E-state index contributed by atoms with van der Waals surface area (Å²) in [4.78, 5) is 17.6. The standard InChI is InChI=1S/C18H16ClN3O4S2/c1-11-13(19)3-2-4-16(11)28(24,25)22-7-5-14-15(9-22)27-18(20-14)21-17(23)12-6-8-26-10-12/h2-4,6,8,10H,5,7,9H2,1H3,(H,20,21,23). The van der Waals surface area contributed by atoms with Gasteiger partial charge in [0.15, 0.2) is 5.13 Å². The van der Waals surface area contributed by atoms with E-state index in [1.54, 1.807) is 31.2 Å². The van der Waals surface area contributed by atoms with Crippen LogP contribution in [0, 0.1) is 6.92 Å². The third-order valence-corrected chi connectivity index (χ3v) is 7.93. The molecule has 0 aliphatic carbocycles. The molecule has 4 rings (SSSR count). The fourth-order valence-electron chi connectivity index (χ4n) is 3.00. The number of furan rings is 1. The lowest BCUT2D eigenvalue weighted by Gasteiger charge is -2.26. The van der Waals surface area contributed by atoms with Gasteiger partial charge in [0.25, 0.3) is 5.91 Å². The highest BCUT2D eigenvalue weighted by atomic mass is 35.5. The Labute approximate surface area is 171 Å². The van der Waals surface area contributed by atoms with Gasteiger partial charge in [0.2, 0.25) is 10.0 Å². The molecule has 146 valence electrons. The van der Waals surface area contributed by atoms with Crippen LogP contribution in [-0.2, 0) is 23.0 Å². The molecule has 28 heavy (non-hydrogen) atoms. The number of hydrogen-bond acceptors (Lipinski definition) is 6. The summed E-state index contributed by atoms with van der Waals surface area (Å²) in [5.41, 5.74) is 1.74. The van der Waals surface area contributed by atoms with Gasteiger partial charge in [-0.3, -0.25) is 10.1 Å². The van der Waals surface area contributed by atoms with Crippen molar-refractivity contribution >= 4 is 44.0 Å². The summed E-state index contributed by atoms with van der Waals surface area (Å²) >= 11 is 7.37. The number of fused-ring (bicyclic) bond motifs is 1. The third kappa shape index (κ3) is 3.46. The quantitative estimate of drug-likeness (QED) is 0.671. The fourth-order valence-corrected chi connectivity index (χ4v) is 5.99. The molecular weight excluding hydrogens is 422 g/mol. The van der Waals surface area contributed by atoms with E-state index in [-0.39, 0.29) is 17.3 Å². The van der Waals surface area contributed by atoms with Gasteiger partial charge in [-0.05, 0) is 30.7 Å². The second-order valence-corrected chi connectivity index (χ2v) is 9.70. The number of amides is 1. The van der Waals surface area contributed by atoms with Crippen molar-refractivity contribution in [1.82, 2.24) is 9.29 Å². The van der Waals surface area contributed by atoms with Gasteiger partial charge in [0, 0.05) is 22.9 Å². The molecule has 3 heterocycles. The Morgan fingerprint density at radius 2 is 2.18 bits per heavy atom. The van der Waals surface area contributed by atoms with Crippen LogP contribution in [0.2, 0.25) is 5.02 Å². The maximum absolute atomic E-state index is 13.1. The molecule has 0 saturated carbocycles. The maximum Gasteiger partial charge on any atom is 0.260 e. The van der Waals surface area contributed by atoms with Gasteiger partial charge in [-0.2, -0.15) is 4.31 Å². The molecule has 7 nitrogen and oxygen atoms in total. The zero-order valence-electron chi connectivity index (χ0n) is 14.8. The Kier molecular flexibility index (Phi) is 5.00. The minimum absolute atomic E-state index is 0.210. The second-order valence-electron chi connectivity index (χ2n) is 6.31. The van der Waals surface area contributed by atoms with Crippen LogP contribution in [0.1, 0.15) is 26.5 Å². The maximum atomic E-state index is 13.1. The number of rotatable bonds is 4. The molecule has 0 atom stereocenters. The minimum Gasteiger partial charge on any atom is -0.472 e. The van der Waals surface area contributed by atoms with E-state index in [1.165, 1.54) is 28.2 Å². The van der Waals surface area contributed by atoms with Crippen LogP contribution < -0.4 is 5.32 Å². The lowest BCUT2D eigenvalue weighted by atomic mass is 10.2. The number of carbonyl (C=O) groups is 1. The highest BCUT2D eigenvalue weighted by Gasteiger charge is 2.32. The largest absolute Gasteiger partial charge is 0.472 e. The zero-order chi connectivity index (χ0) is 19.9. The summed E-state index contributed by atoms with van der Waals surface area (Å²) in [5.74, 6) is -0.320. The van der Waals surface area contributed by atoms with Crippen LogP contribution in [-0.4, -0.2) is 30.2 Å². The first-order chi connectivity index (χ1) is 13.4. The van der Waals surface area contributed by atoms with Crippen LogP contribution >= 0.6 is 22.9 Å². The Balaban J connectivity index is 1.56. The summed E-state index contributed by atoms with van der Waals surface area (Å²) in [7, 11) is -3.68. The number of nitrogens with zero attached hydrogens (tertiary/aromatic N) is 2. The van der Waals surface area contributed by atoms with Gasteiger partial charge in [0.1, 0.15) is 6.26 Å². The minimum atomic E-state index is -3.68. The Morgan fingerprint density at radius 3 is 2.93 bits per heavy atom. The molecule has 1 amide bonds. The van der Waals surface area contributed by atoms with E-state index < -0.39 is 10.0 Å². The van der Waals surface area contributed by atoms with Crippen molar-refractivity contribution in [2.75, 3.05) is 11.9 Å². The zero-order valence-corrected chi connectivity index (χ0v) is 17.2. The molecule has 1 aromatic carbocycles.